The summed E-state index contributed by atoms with van der Waals surface area (Å²) in [7, 11) is -3.24. The molecule has 1 fully saturated rings. The van der Waals surface area contributed by atoms with E-state index in [2.05, 4.69) is 15.2 Å². The van der Waals surface area contributed by atoms with Crippen molar-refractivity contribution in [2.24, 2.45) is 0 Å². The van der Waals surface area contributed by atoms with Gasteiger partial charge in [-0.25, -0.2) is 8.42 Å². The highest BCUT2D eigenvalue weighted by Gasteiger charge is 2.23. The second-order valence-corrected chi connectivity index (χ2v) is 10.8. The molecule has 10 heteroatoms. The first-order chi connectivity index (χ1) is 16.7. The Morgan fingerprint density at radius 1 is 1.14 bits per heavy atom. The summed E-state index contributed by atoms with van der Waals surface area (Å²) in [5, 5.41) is 14.2. The van der Waals surface area contributed by atoms with Crippen molar-refractivity contribution in [3.05, 3.63) is 70.6 Å². The van der Waals surface area contributed by atoms with E-state index in [1.807, 2.05) is 0 Å². The van der Waals surface area contributed by atoms with Crippen molar-refractivity contribution in [3.8, 4) is 5.75 Å². The van der Waals surface area contributed by atoms with Gasteiger partial charge in [0.15, 0.2) is 9.84 Å². The molecule has 2 heterocycles. The third-order valence-corrected chi connectivity index (χ3v) is 7.24. The Balaban J connectivity index is 1.23. The predicted molar refractivity (Wildman–Crippen MR) is 133 cm³/mol. The number of aliphatic hydroxyl groups excluding tert-OH is 1. The second-order valence-electron chi connectivity index (χ2n) is 8.80. The molecule has 1 aromatic heterocycles. The van der Waals surface area contributed by atoms with Crippen LogP contribution in [-0.4, -0.2) is 74.0 Å². The number of sulfone groups is 1. The highest BCUT2D eigenvalue weighted by atomic mass is 32.2. The lowest BCUT2D eigenvalue weighted by Crippen LogP contribution is -2.45. The minimum atomic E-state index is -3.24. The van der Waals surface area contributed by atoms with E-state index in [-0.39, 0.29) is 29.0 Å². The molecule has 3 aromatic rings. The van der Waals surface area contributed by atoms with Gasteiger partial charge in [-0.15, -0.1) is 0 Å². The molecule has 1 aliphatic rings. The molecule has 1 amide bonds. The van der Waals surface area contributed by atoms with E-state index in [1.165, 1.54) is 12.5 Å². The number of hydrogen-bond donors (Lipinski definition) is 3. The number of piperidine rings is 1. The first kappa shape index (κ1) is 24.9. The molecule has 2 aromatic carbocycles. The summed E-state index contributed by atoms with van der Waals surface area (Å²) in [4.78, 5) is 29.6. The van der Waals surface area contributed by atoms with Gasteiger partial charge in [-0.2, -0.15) is 0 Å². The number of β-amino-alcohol motifs (C(OH)–C–C–N with tert-alkyl or cyclic N) is 1. The number of carbonyl (C=O) groups is 1. The number of nitrogens with zero attached hydrogens (tertiary/aromatic N) is 1. The van der Waals surface area contributed by atoms with Crippen LogP contribution in [0.15, 0.2) is 64.4 Å². The normalized spacial score (nSPS) is 16.2. The zero-order valence-electron chi connectivity index (χ0n) is 19.4. The van der Waals surface area contributed by atoms with Crippen molar-refractivity contribution >= 4 is 26.5 Å². The predicted octanol–water partition coefficient (Wildman–Crippen LogP) is 1.57. The zero-order valence-corrected chi connectivity index (χ0v) is 20.3. The molecule has 0 spiro atoms. The number of aromatic amines is 1. The van der Waals surface area contributed by atoms with Gasteiger partial charge in [0.05, 0.1) is 16.6 Å². The highest BCUT2D eigenvalue weighted by Crippen LogP contribution is 2.21. The van der Waals surface area contributed by atoms with Crippen molar-refractivity contribution in [1.82, 2.24) is 15.2 Å². The topological polar surface area (TPSA) is 129 Å². The monoisotopic (exact) mass is 499 g/mol. The Morgan fingerprint density at radius 2 is 1.80 bits per heavy atom. The summed E-state index contributed by atoms with van der Waals surface area (Å²) in [5.41, 5.74) is 0.102. The Labute approximate surface area is 203 Å². The first-order valence-electron chi connectivity index (χ1n) is 11.5. The van der Waals surface area contributed by atoms with Gasteiger partial charge in [0.25, 0.3) is 11.5 Å². The Bertz CT molecular complexity index is 1350. The van der Waals surface area contributed by atoms with Gasteiger partial charge in [0.2, 0.25) is 0 Å². The van der Waals surface area contributed by atoms with Crippen LogP contribution in [0.1, 0.15) is 23.2 Å². The van der Waals surface area contributed by atoms with Crippen LogP contribution in [-0.2, 0) is 9.84 Å². The van der Waals surface area contributed by atoms with E-state index in [0.717, 1.165) is 25.9 Å². The Kier molecular flexibility index (Phi) is 7.54. The van der Waals surface area contributed by atoms with E-state index in [0.29, 0.717) is 28.6 Å². The SMILES string of the molecule is CS(=O)(=O)c1ccc(OC2CCN(CC(O)CNC(=O)c3c[nH]c(=O)c4ccccc34)CC2)cc1. The van der Waals surface area contributed by atoms with Gasteiger partial charge in [-0.1, -0.05) is 18.2 Å². The number of hydrogen-bond acceptors (Lipinski definition) is 7. The smallest absolute Gasteiger partial charge is 0.255 e. The lowest BCUT2D eigenvalue weighted by atomic mass is 10.1. The van der Waals surface area contributed by atoms with E-state index < -0.39 is 15.9 Å². The average molecular weight is 500 g/mol. The van der Waals surface area contributed by atoms with Gasteiger partial charge in [0, 0.05) is 49.4 Å². The number of H-pyrrole nitrogens is 1. The summed E-state index contributed by atoms with van der Waals surface area (Å²) in [6.07, 6.45) is 3.39. The molecule has 0 bridgehead atoms. The Morgan fingerprint density at radius 3 is 2.46 bits per heavy atom. The molecule has 4 rings (SSSR count). The number of ether oxygens (including phenoxy) is 1. The summed E-state index contributed by atoms with van der Waals surface area (Å²) in [6.45, 7) is 1.99. The number of carbonyl (C=O) groups excluding carboxylic acids is 1. The Hall–Kier alpha value is -3.21. The van der Waals surface area contributed by atoms with Gasteiger partial charge in [-0.3, -0.25) is 9.59 Å². The lowest BCUT2D eigenvalue weighted by Gasteiger charge is -2.33. The maximum Gasteiger partial charge on any atom is 0.255 e. The van der Waals surface area contributed by atoms with E-state index >= 15 is 0 Å². The maximum absolute atomic E-state index is 12.7. The first-order valence-corrected chi connectivity index (χ1v) is 13.4. The molecule has 0 radical (unpaired) electrons. The average Bonchev–Trinajstić information content (AvgIpc) is 2.84. The number of amides is 1. The molecule has 1 atom stereocenters. The molecule has 0 saturated carbocycles. The molecule has 1 saturated heterocycles. The van der Waals surface area contributed by atoms with Crippen LogP contribution in [0.25, 0.3) is 10.8 Å². The number of aromatic nitrogens is 1. The fraction of sp³-hybridized carbons (Fsp3) is 0.360. The third kappa shape index (κ3) is 6.27. The fourth-order valence-corrected chi connectivity index (χ4v) is 4.86. The molecule has 3 N–H and O–H groups in total. The molecule has 0 aliphatic carbocycles. The number of nitrogens with one attached hydrogen (secondary N) is 2. The van der Waals surface area contributed by atoms with Crippen LogP contribution >= 0.6 is 0 Å². The van der Waals surface area contributed by atoms with Gasteiger partial charge in [0.1, 0.15) is 11.9 Å². The van der Waals surface area contributed by atoms with Gasteiger partial charge >= 0.3 is 0 Å². The van der Waals surface area contributed by atoms with E-state index in [1.54, 1.807) is 48.5 Å². The van der Waals surface area contributed by atoms with Crippen molar-refractivity contribution in [1.29, 1.82) is 0 Å². The van der Waals surface area contributed by atoms with Crippen LogP contribution in [0.3, 0.4) is 0 Å². The lowest BCUT2D eigenvalue weighted by molar-refractivity contribution is 0.0594. The third-order valence-electron chi connectivity index (χ3n) is 6.11. The second kappa shape index (κ2) is 10.6. The van der Waals surface area contributed by atoms with E-state index in [9.17, 15) is 23.1 Å². The zero-order chi connectivity index (χ0) is 25.0. The maximum atomic E-state index is 12.7. The number of benzene rings is 2. The molecule has 186 valence electrons. The van der Waals surface area contributed by atoms with Crippen molar-refractivity contribution in [3.63, 3.8) is 0 Å². The minimum Gasteiger partial charge on any atom is -0.490 e. The van der Waals surface area contributed by atoms with Crippen LogP contribution in [0.2, 0.25) is 0 Å². The molecule has 1 unspecified atom stereocenters. The summed E-state index contributed by atoms with van der Waals surface area (Å²) < 4.78 is 29.1. The van der Waals surface area contributed by atoms with Crippen LogP contribution < -0.4 is 15.6 Å². The molecular weight excluding hydrogens is 470 g/mol. The molecule has 1 aliphatic heterocycles. The van der Waals surface area contributed by atoms with Gasteiger partial charge < -0.3 is 25.0 Å². The van der Waals surface area contributed by atoms with E-state index in [4.69, 9.17) is 4.74 Å². The van der Waals surface area contributed by atoms with Crippen LogP contribution in [0.5, 0.6) is 5.75 Å². The molecular formula is C25H29N3O6S. The molecule has 35 heavy (non-hydrogen) atoms. The number of aliphatic hydroxyl groups is 1. The minimum absolute atomic E-state index is 0.0145. The largest absolute Gasteiger partial charge is 0.490 e. The summed E-state index contributed by atoms with van der Waals surface area (Å²) in [5.74, 6) is 0.277. The number of fused-ring (bicyclic) bond motifs is 1. The van der Waals surface area contributed by atoms with Gasteiger partial charge in [-0.05, 0) is 43.2 Å². The van der Waals surface area contributed by atoms with Crippen molar-refractivity contribution in [2.45, 2.75) is 29.9 Å². The summed E-state index contributed by atoms with van der Waals surface area (Å²) >= 11 is 0. The van der Waals surface area contributed by atoms with Crippen LogP contribution in [0, 0.1) is 0 Å². The van der Waals surface area contributed by atoms with Crippen molar-refractivity contribution in [2.75, 3.05) is 32.4 Å². The standard InChI is InChI=1S/C25H29N3O6S/c1-35(32,33)20-8-6-18(7-9-20)34-19-10-12-28(13-11-19)16-17(29)14-26-25(31)23-15-27-24(30)22-5-3-2-4-21(22)23/h2-9,15,17,19,29H,10-14,16H2,1H3,(H,26,31)(H,27,30). The van der Waals surface area contributed by atoms with Crippen molar-refractivity contribution < 1.29 is 23.1 Å². The highest BCUT2D eigenvalue weighted by molar-refractivity contribution is 7.90. The number of rotatable bonds is 8. The fourth-order valence-electron chi connectivity index (χ4n) is 4.23. The number of pyridine rings is 1. The quantitative estimate of drug-likeness (QED) is 0.429. The molecule has 9 nitrogen and oxygen atoms in total. The van der Waals surface area contributed by atoms with Crippen LogP contribution in [0.4, 0.5) is 0 Å². The summed E-state index contributed by atoms with van der Waals surface area (Å²) in [6, 6.07) is 13.3. The number of likely N-dealkylation sites (tertiary alicyclic amines) is 1.